The maximum absolute atomic E-state index is 12.9. The van der Waals surface area contributed by atoms with Crippen molar-refractivity contribution in [1.29, 1.82) is 0 Å². The molecule has 0 aliphatic carbocycles. The van der Waals surface area contributed by atoms with Crippen LogP contribution in [0.15, 0.2) is 48.5 Å². The molecule has 2 amide bonds. The van der Waals surface area contributed by atoms with Crippen molar-refractivity contribution in [3.8, 4) is 0 Å². The van der Waals surface area contributed by atoms with Gasteiger partial charge in [0.05, 0.1) is 0 Å². The van der Waals surface area contributed by atoms with Crippen LogP contribution >= 0.6 is 0 Å². The Hall–Kier alpha value is -2.93. The van der Waals surface area contributed by atoms with E-state index in [4.69, 9.17) is 0 Å². The molecule has 178 valence electrons. The lowest BCUT2D eigenvalue weighted by molar-refractivity contribution is -0.121. The van der Waals surface area contributed by atoms with Crippen LogP contribution in [-0.2, 0) is 4.79 Å². The number of carbonyl (C=O) groups excluding carboxylic acids is 2. The number of halogens is 1. The maximum Gasteiger partial charge on any atom is 0.251 e. The van der Waals surface area contributed by atoms with E-state index in [1.807, 2.05) is 0 Å². The number of rotatable bonds is 11. The number of benzene rings is 2. The minimum Gasteiger partial charge on any atom is -0.369 e. The third-order valence-electron chi connectivity index (χ3n) is 5.93. The molecule has 6 nitrogen and oxygen atoms in total. The molecule has 0 radical (unpaired) electrons. The second-order valence-electron chi connectivity index (χ2n) is 8.59. The first-order valence-electron chi connectivity index (χ1n) is 11.9. The molecule has 0 aromatic heterocycles. The highest BCUT2D eigenvalue weighted by Gasteiger charge is 2.16. The largest absolute Gasteiger partial charge is 0.369 e. The molecule has 0 saturated carbocycles. The Bertz CT molecular complexity index is 895. The lowest BCUT2D eigenvalue weighted by atomic mass is 10.2. The van der Waals surface area contributed by atoms with Crippen LogP contribution in [0.5, 0.6) is 0 Å². The smallest absolute Gasteiger partial charge is 0.251 e. The van der Waals surface area contributed by atoms with Gasteiger partial charge in [-0.15, -0.1) is 0 Å². The van der Waals surface area contributed by atoms with E-state index in [9.17, 15) is 14.0 Å². The van der Waals surface area contributed by atoms with Gasteiger partial charge >= 0.3 is 0 Å². The van der Waals surface area contributed by atoms with Crippen LogP contribution in [0.3, 0.4) is 0 Å². The second-order valence-corrected chi connectivity index (χ2v) is 8.59. The summed E-state index contributed by atoms with van der Waals surface area (Å²) < 4.78 is 12.9. The van der Waals surface area contributed by atoms with Gasteiger partial charge < -0.3 is 15.5 Å². The van der Waals surface area contributed by atoms with Gasteiger partial charge in [0, 0.05) is 56.9 Å². The summed E-state index contributed by atoms with van der Waals surface area (Å²) in [6.07, 6.45) is 2.98. The number of piperazine rings is 1. The van der Waals surface area contributed by atoms with Crippen LogP contribution in [0.2, 0.25) is 0 Å². The summed E-state index contributed by atoms with van der Waals surface area (Å²) in [4.78, 5) is 28.9. The molecule has 2 N–H and O–H groups in total. The number of aryl methyl sites for hydroxylation is 1. The van der Waals surface area contributed by atoms with Gasteiger partial charge in [-0.25, -0.2) is 4.39 Å². The van der Waals surface area contributed by atoms with Gasteiger partial charge in [0.15, 0.2) is 0 Å². The van der Waals surface area contributed by atoms with Crippen molar-refractivity contribution in [2.45, 2.75) is 32.6 Å². The molecular weight excluding hydrogens is 419 g/mol. The van der Waals surface area contributed by atoms with Crippen molar-refractivity contribution in [1.82, 2.24) is 15.5 Å². The van der Waals surface area contributed by atoms with Gasteiger partial charge in [0.1, 0.15) is 5.82 Å². The first-order chi connectivity index (χ1) is 16.0. The number of anilines is 1. The van der Waals surface area contributed by atoms with Crippen molar-refractivity contribution in [2.24, 2.45) is 0 Å². The summed E-state index contributed by atoms with van der Waals surface area (Å²) in [6.45, 7) is 8.55. The minimum absolute atomic E-state index is 0.0119. The minimum atomic E-state index is -0.371. The Kier molecular flexibility index (Phi) is 9.69. The molecular formula is C26H35FN4O2. The molecule has 0 spiro atoms. The molecule has 7 heteroatoms. The molecule has 0 unspecified atom stereocenters. The normalized spacial score (nSPS) is 14.2. The van der Waals surface area contributed by atoms with Crippen LogP contribution in [0, 0.1) is 12.7 Å². The highest BCUT2D eigenvalue weighted by molar-refractivity contribution is 5.94. The lowest BCUT2D eigenvalue weighted by Crippen LogP contribution is -2.46. The summed E-state index contributed by atoms with van der Waals surface area (Å²) in [5.74, 6) is -0.614. The average molecular weight is 455 g/mol. The van der Waals surface area contributed by atoms with E-state index in [1.165, 1.54) is 35.5 Å². The molecule has 0 bridgehead atoms. The molecule has 3 rings (SSSR count). The molecule has 1 saturated heterocycles. The van der Waals surface area contributed by atoms with Crippen LogP contribution in [-0.4, -0.2) is 62.5 Å². The fraction of sp³-hybridized carbons (Fsp3) is 0.462. The number of nitrogens with one attached hydrogen (secondary N) is 2. The maximum atomic E-state index is 12.9. The zero-order valence-corrected chi connectivity index (χ0v) is 19.5. The fourth-order valence-corrected chi connectivity index (χ4v) is 3.99. The average Bonchev–Trinajstić information content (AvgIpc) is 2.82. The standard InChI is InChI=1S/C26H35FN4O2/c1-21-6-4-7-24(20-21)31-18-16-30(17-19-31)15-3-2-13-28-25(32)8-5-14-29-26(33)22-9-11-23(27)12-10-22/h4,6-7,9-12,20H,2-3,5,8,13-19H2,1H3,(H,28,32)(H,29,33). The van der Waals surface area contributed by atoms with Crippen LogP contribution < -0.4 is 15.5 Å². The summed E-state index contributed by atoms with van der Waals surface area (Å²) >= 11 is 0. The zero-order chi connectivity index (χ0) is 23.5. The van der Waals surface area contributed by atoms with E-state index in [0.717, 1.165) is 45.6 Å². The van der Waals surface area contributed by atoms with Crippen LogP contribution in [0.1, 0.15) is 41.6 Å². The van der Waals surface area contributed by atoms with Crippen LogP contribution in [0.25, 0.3) is 0 Å². The highest BCUT2D eigenvalue weighted by atomic mass is 19.1. The Morgan fingerprint density at radius 3 is 2.36 bits per heavy atom. The van der Waals surface area contributed by atoms with Crippen LogP contribution in [0.4, 0.5) is 10.1 Å². The summed E-state index contributed by atoms with van der Waals surface area (Å²) in [7, 11) is 0. The molecule has 0 atom stereocenters. The number of nitrogens with zero attached hydrogens (tertiary/aromatic N) is 2. The predicted octanol–water partition coefficient (Wildman–Crippen LogP) is 3.36. The number of carbonyl (C=O) groups is 2. The van der Waals surface area contributed by atoms with Crippen molar-refractivity contribution in [3.63, 3.8) is 0 Å². The topological polar surface area (TPSA) is 64.7 Å². The van der Waals surface area contributed by atoms with Crippen molar-refractivity contribution < 1.29 is 14.0 Å². The Morgan fingerprint density at radius 1 is 0.909 bits per heavy atom. The molecule has 1 aliphatic heterocycles. The SMILES string of the molecule is Cc1cccc(N2CCN(CCCCNC(=O)CCCNC(=O)c3ccc(F)cc3)CC2)c1. The predicted molar refractivity (Wildman–Crippen MR) is 130 cm³/mol. The molecule has 2 aromatic carbocycles. The second kappa shape index (κ2) is 12.9. The van der Waals surface area contributed by atoms with Gasteiger partial charge in [-0.2, -0.15) is 0 Å². The summed E-state index contributed by atoms with van der Waals surface area (Å²) in [5, 5.41) is 5.71. The van der Waals surface area contributed by atoms with Crippen molar-refractivity contribution >= 4 is 17.5 Å². The quantitative estimate of drug-likeness (QED) is 0.511. The summed E-state index contributed by atoms with van der Waals surface area (Å²) in [6, 6.07) is 14.1. The van der Waals surface area contributed by atoms with E-state index in [1.54, 1.807) is 0 Å². The molecule has 2 aromatic rings. The molecule has 1 fully saturated rings. The highest BCUT2D eigenvalue weighted by Crippen LogP contribution is 2.17. The third kappa shape index (κ3) is 8.50. The van der Waals surface area contributed by atoms with E-state index in [0.29, 0.717) is 31.5 Å². The summed E-state index contributed by atoms with van der Waals surface area (Å²) in [5.41, 5.74) is 3.02. The van der Waals surface area contributed by atoms with Crippen molar-refractivity contribution in [3.05, 3.63) is 65.5 Å². The molecule has 33 heavy (non-hydrogen) atoms. The zero-order valence-electron chi connectivity index (χ0n) is 19.5. The van der Waals surface area contributed by atoms with E-state index in [2.05, 4.69) is 51.6 Å². The molecule has 1 heterocycles. The fourth-order valence-electron chi connectivity index (χ4n) is 3.99. The van der Waals surface area contributed by atoms with Crippen molar-refractivity contribution in [2.75, 3.05) is 50.7 Å². The van der Waals surface area contributed by atoms with Gasteiger partial charge in [-0.05, 0) is 74.7 Å². The molecule has 1 aliphatic rings. The Morgan fingerprint density at radius 2 is 1.64 bits per heavy atom. The first kappa shape index (κ1) is 24.7. The number of unbranched alkanes of at least 4 members (excludes halogenated alkanes) is 1. The van der Waals surface area contributed by atoms with Gasteiger partial charge in [0.25, 0.3) is 5.91 Å². The number of hydrogen-bond acceptors (Lipinski definition) is 4. The van der Waals surface area contributed by atoms with E-state index < -0.39 is 0 Å². The third-order valence-corrected chi connectivity index (χ3v) is 5.93. The monoisotopic (exact) mass is 454 g/mol. The number of hydrogen-bond donors (Lipinski definition) is 2. The first-order valence-corrected chi connectivity index (χ1v) is 11.9. The van der Waals surface area contributed by atoms with E-state index >= 15 is 0 Å². The van der Waals surface area contributed by atoms with E-state index in [-0.39, 0.29) is 17.6 Å². The van der Waals surface area contributed by atoms with Gasteiger partial charge in [0.2, 0.25) is 5.91 Å². The van der Waals surface area contributed by atoms with Gasteiger partial charge in [-0.3, -0.25) is 14.5 Å². The van der Waals surface area contributed by atoms with Gasteiger partial charge in [-0.1, -0.05) is 12.1 Å². The lowest BCUT2D eigenvalue weighted by Gasteiger charge is -2.36. The Labute approximate surface area is 196 Å². The number of amides is 2. The Balaban J connectivity index is 1.19.